The molecule has 0 aromatic heterocycles. The van der Waals surface area contributed by atoms with Gasteiger partial charge in [0.05, 0.1) is 29.2 Å². The van der Waals surface area contributed by atoms with E-state index in [0.29, 0.717) is 19.6 Å². The fourth-order valence-corrected chi connectivity index (χ4v) is 8.84. The molecule has 7 nitrogen and oxygen atoms in total. The van der Waals surface area contributed by atoms with Gasteiger partial charge in [-0.15, -0.1) is 11.8 Å². The van der Waals surface area contributed by atoms with Crippen molar-refractivity contribution in [3.05, 3.63) is 60.2 Å². The number of likely N-dealkylation sites (tertiary alicyclic amines) is 1. The molecule has 1 unspecified atom stereocenters. The number of rotatable bonds is 6. The highest BCUT2D eigenvalue weighted by molar-refractivity contribution is 8.02. The third kappa shape index (κ3) is 4.53. The van der Waals surface area contributed by atoms with Gasteiger partial charge in [-0.25, -0.2) is 0 Å². The second kappa shape index (κ2) is 10.4. The van der Waals surface area contributed by atoms with Crippen molar-refractivity contribution in [3.8, 4) is 0 Å². The molecule has 4 aliphatic heterocycles. The summed E-state index contributed by atoms with van der Waals surface area (Å²) in [7, 11) is 0. The summed E-state index contributed by atoms with van der Waals surface area (Å²) in [5.41, 5.74) is 0.596. The zero-order valence-corrected chi connectivity index (χ0v) is 24.4. The first-order valence-electron chi connectivity index (χ1n) is 14.1. The number of aliphatic hydroxyl groups excluding tert-OH is 1. The minimum Gasteiger partial charge on any atom is -0.394 e. The van der Waals surface area contributed by atoms with Crippen molar-refractivity contribution in [2.75, 3.05) is 19.7 Å². The second-order valence-electron chi connectivity index (χ2n) is 12.4. The van der Waals surface area contributed by atoms with Crippen molar-refractivity contribution < 1.29 is 19.5 Å². The lowest BCUT2D eigenvalue weighted by Crippen LogP contribution is -2.60. The third-order valence-corrected chi connectivity index (χ3v) is 10.8. The molecule has 0 bridgehead atoms. The maximum Gasteiger partial charge on any atom is 0.247 e. The normalized spacial score (nSPS) is 32.1. The number of hydrogen-bond donors (Lipinski definition) is 1. The minimum atomic E-state index is -0.875. The summed E-state index contributed by atoms with van der Waals surface area (Å²) < 4.78 is -0.875. The van der Waals surface area contributed by atoms with Gasteiger partial charge in [-0.2, -0.15) is 0 Å². The molecular formula is C31H41N3O4S. The van der Waals surface area contributed by atoms with Gasteiger partial charge in [0.15, 0.2) is 0 Å². The van der Waals surface area contributed by atoms with Crippen LogP contribution in [0.4, 0.5) is 0 Å². The predicted octanol–water partition coefficient (Wildman–Crippen LogP) is 3.49. The Bertz CT molecular complexity index is 1180. The highest BCUT2D eigenvalue weighted by Gasteiger charge is 2.72. The van der Waals surface area contributed by atoms with Crippen molar-refractivity contribution in [1.82, 2.24) is 14.7 Å². The van der Waals surface area contributed by atoms with E-state index >= 15 is 0 Å². The number of carbonyl (C=O) groups is 3. The fraction of sp³-hybridized carbons (Fsp3) is 0.581. The molecule has 8 heteroatoms. The predicted molar refractivity (Wildman–Crippen MR) is 154 cm³/mol. The van der Waals surface area contributed by atoms with E-state index < -0.39 is 34.2 Å². The molecule has 39 heavy (non-hydrogen) atoms. The van der Waals surface area contributed by atoms with Crippen LogP contribution in [0.3, 0.4) is 0 Å². The Hall–Kier alpha value is -2.58. The monoisotopic (exact) mass is 551 g/mol. The minimum absolute atomic E-state index is 0.00180. The van der Waals surface area contributed by atoms with Crippen LogP contribution in [0.25, 0.3) is 0 Å². The zero-order valence-electron chi connectivity index (χ0n) is 23.6. The Morgan fingerprint density at radius 2 is 1.77 bits per heavy atom. The number of thioether (sulfide) groups is 1. The van der Waals surface area contributed by atoms with Crippen LogP contribution in [0.2, 0.25) is 0 Å². The van der Waals surface area contributed by atoms with Crippen molar-refractivity contribution in [1.29, 1.82) is 0 Å². The van der Waals surface area contributed by atoms with Crippen molar-refractivity contribution in [2.45, 2.75) is 75.2 Å². The number of amides is 3. The molecule has 0 aliphatic carbocycles. The quantitative estimate of drug-likeness (QED) is 0.548. The zero-order chi connectivity index (χ0) is 28.1. The van der Waals surface area contributed by atoms with Gasteiger partial charge in [0, 0.05) is 30.4 Å². The largest absolute Gasteiger partial charge is 0.394 e. The van der Waals surface area contributed by atoms with E-state index in [-0.39, 0.29) is 35.5 Å². The van der Waals surface area contributed by atoms with E-state index in [9.17, 15) is 19.5 Å². The molecular weight excluding hydrogens is 510 g/mol. The van der Waals surface area contributed by atoms with Crippen LogP contribution < -0.4 is 0 Å². The topological polar surface area (TPSA) is 81.2 Å². The lowest BCUT2D eigenvalue weighted by molar-refractivity contribution is -0.149. The summed E-state index contributed by atoms with van der Waals surface area (Å²) in [4.78, 5) is 48.6. The van der Waals surface area contributed by atoms with E-state index in [1.807, 2.05) is 86.9 Å². The summed E-state index contributed by atoms with van der Waals surface area (Å²) in [6.07, 6.45) is 8.93. The molecule has 0 radical (unpaired) electrons. The first-order valence-corrected chi connectivity index (χ1v) is 15.0. The molecule has 1 spiro atoms. The Kier molecular flexibility index (Phi) is 7.48. The fourth-order valence-electron chi connectivity index (χ4n) is 6.85. The molecule has 0 saturated carbocycles. The van der Waals surface area contributed by atoms with Crippen LogP contribution in [-0.4, -0.2) is 84.8 Å². The Morgan fingerprint density at radius 3 is 2.41 bits per heavy atom. The molecule has 2 saturated heterocycles. The first-order chi connectivity index (χ1) is 18.5. The van der Waals surface area contributed by atoms with Crippen LogP contribution in [-0.2, 0) is 20.9 Å². The molecule has 1 N–H and O–H groups in total. The highest BCUT2D eigenvalue weighted by Crippen LogP contribution is 2.61. The van der Waals surface area contributed by atoms with E-state index in [1.54, 1.807) is 16.7 Å². The average Bonchev–Trinajstić information content (AvgIpc) is 3.21. The van der Waals surface area contributed by atoms with Gasteiger partial charge in [-0.1, -0.05) is 74.9 Å². The maximum absolute atomic E-state index is 14.6. The first kappa shape index (κ1) is 28.0. The van der Waals surface area contributed by atoms with Gasteiger partial charge in [0.1, 0.15) is 6.04 Å². The molecule has 5 rings (SSSR count). The number of benzene rings is 1. The SMILES string of the molecule is CC[C@H](C)[C@H](CO)N1C(=O)[C@@H]2[C@H]3C(=O)N(Cc4ccccc4)CC=C[C@H]3S[C@@]23C=CCN(C(C)(C)C)C(=O)C13. The Balaban J connectivity index is 1.61. The Morgan fingerprint density at radius 1 is 1.05 bits per heavy atom. The second-order valence-corrected chi connectivity index (χ2v) is 13.9. The number of nitrogens with zero attached hydrogens (tertiary/aromatic N) is 3. The Labute approximate surface area is 236 Å². The average molecular weight is 552 g/mol. The summed E-state index contributed by atoms with van der Waals surface area (Å²) in [5.74, 6) is -1.59. The van der Waals surface area contributed by atoms with E-state index in [2.05, 4.69) is 12.2 Å². The van der Waals surface area contributed by atoms with Gasteiger partial charge in [0.2, 0.25) is 17.7 Å². The summed E-state index contributed by atoms with van der Waals surface area (Å²) in [5, 5.41) is 10.3. The van der Waals surface area contributed by atoms with Gasteiger partial charge in [-0.3, -0.25) is 14.4 Å². The van der Waals surface area contributed by atoms with Gasteiger partial charge < -0.3 is 19.8 Å². The standard InChI is InChI=1S/C31H41N3O4S/c1-6-20(2)22(19-35)34-26-29(38)33(30(3,4)5)17-11-15-31(26)25(28(34)37)24-23(39-31)14-10-16-32(27(24)36)18-21-12-8-7-9-13-21/h7-15,20,22-26,35H,6,16-19H2,1-5H3/t20-,22-,23+,24-,25-,26?,31-/m0/s1. The number of aliphatic hydroxyl groups is 1. The molecule has 210 valence electrons. The highest BCUT2D eigenvalue weighted by atomic mass is 32.2. The lowest BCUT2D eigenvalue weighted by atomic mass is 9.78. The molecule has 1 aromatic rings. The molecule has 7 atom stereocenters. The van der Waals surface area contributed by atoms with Crippen LogP contribution >= 0.6 is 11.8 Å². The van der Waals surface area contributed by atoms with Crippen molar-refractivity contribution in [3.63, 3.8) is 0 Å². The lowest BCUT2D eigenvalue weighted by Gasteiger charge is -2.43. The molecule has 4 aliphatic rings. The van der Waals surface area contributed by atoms with Crippen molar-refractivity contribution >= 4 is 29.5 Å². The number of hydrogen-bond acceptors (Lipinski definition) is 5. The summed E-state index contributed by atoms with van der Waals surface area (Å²) in [6.45, 7) is 11.3. The number of fused-ring (bicyclic) bond motifs is 2. The molecule has 2 fully saturated rings. The number of carbonyl (C=O) groups excluding carboxylic acids is 3. The van der Waals surface area contributed by atoms with Crippen LogP contribution in [0.15, 0.2) is 54.6 Å². The van der Waals surface area contributed by atoms with Gasteiger partial charge in [-0.05, 0) is 32.3 Å². The molecule has 3 amide bonds. The van der Waals surface area contributed by atoms with Crippen molar-refractivity contribution in [2.24, 2.45) is 17.8 Å². The molecule has 4 heterocycles. The van der Waals surface area contributed by atoms with E-state index in [0.717, 1.165) is 12.0 Å². The maximum atomic E-state index is 14.6. The third-order valence-electron chi connectivity index (χ3n) is 9.05. The summed E-state index contributed by atoms with van der Waals surface area (Å²) >= 11 is 1.59. The van der Waals surface area contributed by atoms with E-state index in [1.165, 1.54) is 0 Å². The van der Waals surface area contributed by atoms with Crippen LogP contribution in [0.1, 0.15) is 46.6 Å². The van der Waals surface area contributed by atoms with Gasteiger partial charge in [0.25, 0.3) is 0 Å². The van der Waals surface area contributed by atoms with Crippen LogP contribution in [0.5, 0.6) is 0 Å². The van der Waals surface area contributed by atoms with Gasteiger partial charge >= 0.3 is 0 Å². The smallest absolute Gasteiger partial charge is 0.247 e. The van der Waals surface area contributed by atoms with Crippen LogP contribution in [0, 0.1) is 17.8 Å². The van der Waals surface area contributed by atoms with E-state index in [4.69, 9.17) is 0 Å². The molecule has 1 aromatic carbocycles. The summed E-state index contributed by atoms with van der Waals surface area (Å²) in [6, 6.07) is 8.63.